The molecule has 1 aromatic carbocycles. The van der Waals surface area contributed by atoms with E-state index < -0.39 is 69.5 Å². The first-order chi connectivity index (χ1) is 16.9. The Balaban J connectivity index is 1.97. The molecule has 36 heavy (non-hydrogen) atoms. The average molecular weight is 501 g/mol. The maximum absolute atomic E-state index is 13.5. The van der Waals surface area contributed by atoms with Gasteiger partial charge in [-0.05, 0) is 31.3 Å². The Kier molecular flexibility index (Phi) is 5.83. The smallest absolute Gasteiger partial charge is 0.255 e. The summed E-state index contributed by atoms with van der Waals surface area (Å²) >= 11 is 0. The zero-order chi connectivity index (χ0) is 26.7. The summed E-state index contributed by atoms with van der Waals surface area (Å²) in [7, 11) is 2.69. The number of benzene rings is 1. The minimum Gasteiger partial charge on any atom is -0.510 e. The second kappa shape index (κ2) is 8.45. The van der Waals surface area contributed by atoms with Crippen LogP contribution in [-0.2, 0) is 16.0 Å². The van der Waals surface area contributed by atoms with Crippen molar-refractivity contribution in [3.63, 3.8) is 0 Å². The lowest BCUT2D eigenvalue weighted by Crippen LogP contribution is -2.64. The van der Waals surface area contributed by atoms with Crippen molar-refractivity contribution in [1.82, 2.24) is 4.90 Å². The number of likely N-dealkylation sites (N-methyl/N-ethyl adjacent to an activating group) is 1. The molecule has 1 amide bonds. The zero-order valence-electron chi connectivity index (χ0n) is 19.2. The van der Waals surface area contributed by atoms with Crippen molar-refractivity contribution in [3.8, 4) is 17.2 Å². The van der Waals surface area contributed by atoms with Crippen LogP contribution in [0.1, 0.15) is 22.3 Å². The van der Waals surface area contributed by atoms with Crippen LogP contribution in [0, 0.1) is 11.8 Å². The van der Waals surface area contributed by atoms with E-state index in [1.54, 1.807) is 0 Å². The maximum atomic E-state index is 13.5. The number of allylic oxidation sites excluding steroid dienone is 1. The van der Waals surface area contributed by atoms with E-state index >= 15 is 0 Å². The summed E-state index contributed by atoms with van der Waals surface area (Å²) in [4.78, 5) is 42.7. The number of ether oxygens (including phenoxy) is 1. The Hall–Kier alpha value is -4.26. The monoisotopic (exact) mass is 501 g/mol. The number of ketones is 2. The Morgan fingerprint density at radius 2 is 2.00 bits per heavy atom. The fourth-order valence-corrected chi connectivity index (χ4v) is 5.58. The third-order valence-corrected chi connectivity index (χ3v) is 7.15. The normalized spacial score (nSPS) is 27.3. The van der Waals surface area contributed by atoms with Gasteiger partial charge in [-0.2, -0.15) is 0 Å². The molecule has 0 saturated heterocycles. The van der Waals surface area contributed by atoms with Crippen LogP contribution in [0.2, 0.25) is 0 Å². The minimum atomic E-state index is -2.85. The molecule has 0 bridgehead atoms. The highest BCUT2D eigenvalue weighted by atomic mass is 16.5. The van der Waals surface area contributed by atoms with E-state index in [1.165, 1.54) is 19.1 Å². The van der Waals surface area contributed by atoms with Gasteiger partial charge in [-0.1, -0.05) is 5.11 Å². The molecule has 0 unspecified atom stereocenters. The van der Waals surface area contributed by atoms with E-state index in [4.69, 9.17) is 16.0 Å². The molecule has 0 radical (unpaired) electrons. The average Bonchev–Trinajstić information content (AvgIpc) is 2.81. The number of hydrogen-bond acceptors (Lipinski definition) is 11. The highest BCUT2D eigenvalue weighted by Crippen LogP contribution is 2.54. The van der Waals surface area contributed by atoms with Crippen LogP contribution in [0.5, 0.6) is 17.2 Å². The molecule has 3 aliphatic carbocycles. The topological polar surface area (TPSA) is 240 Å². The Morgan fingerprint density at radius 3 is 2.58 bits per heavy atom. The fraction of sp³-hybridized carbons (Fsp3) is 0.409. The number of hydrogen-bond donors (Lipinski definition) is 6. The largest absolute Gasteiger partial charge is 0.510 e. The molecule has 14 heteroatoms. The zero-order valence-corrected chi connectivity index (χ0v) is 19.2. The molecule has 14 nitrogen and oxygen atoms in total. The molecule has 4 atom stereocenters. The van der Waals surface area contributed by atoms with Gasteiger partial charge < -0.3 is 36.0 Å². The third-order valence-electron chi connectivity index (χ3n) is 7.15. The number of phenolic OH excluding ortho intramolecular Hbond substituents is 2. The van der Waals surface area contributed by atoms with E-state index in [9.17, 15) is 39.9 Å². The molecular weight excluding hydrogens is 478 g/mol. The first-order valence-corrected chi connectivity index (χ1v) is 10.7. The predicted molar refractivity (Wildman–Crippen MR) is 120 cm³/mol. The van der Waals surface area contributed by atoms with Crippen molar-refractivity contribution in [2.24, 2.45) is 22.7 Å². The number of carbonyl (C=O) groups excluding carboxylic acids is 3. The van der Waals surface area contributed by atoms with E-state index in [2.05, 4.69) is 10.0 Å². The van der Waals surface area contributed by atoms with Gasteiger partial charge in [0.2, 0.25) is 5.78 Å². The summed E-state index contributed by atoms with van der Waals surface area (Å²) < 4.78 is 5.25. The van der Waals surface area contributed by atoms with Crippen LogP contribution in [0.25, 0.3) is 10.4 Å². The number of aromatic hydroxyl groups is 2. The lowest BCUT2D eigenvalue weighted by atomic mass is 9.58. The van der Waals surface area contributed by atoms with Crippen molar-refractivity contribution in [2.75, 3.05) is 20.8 Å². The fourth-order valence-electron chi connectivity index (χ4n) is 5.58. The van der Waals surface area contributed by atoms with Crippen LogP contribution in [0.4, 0.5) is 0 Å². The second-order valence-electron chi connectivity index (χ2n) is 8.93. The van der Waals surface area contributed by atoms with Gasteiger partial charge >= 0.3 is 0 Å². The number of Topliss-reactive ketones (excluding diaryl/α,β-unsaturated/α-hetero) is 2. The number of phenols is 2. The number of primary amides is 1. The number of methoxy groups -OCH3 is 1. The van der Waals surface area contributed by atoms with E-state index in [0.717, 1.165) is 6.07 Å². The molecule has 0 aromatic heterocycles. The standard InChI is InChI=1S/C22H23N5O9/c1-27(6-25-26-24)15-9-4-7-3-8-11(36-2)5-10(28)16(29)13(8)17(30)12(7)19(32)22(9,35)20(33)14(18(15)31)21(23)34/h5,7,9,15,28-29,31-32,35H,3-4,6H2,1-2H3,(H2,23,34)/t7-,9-,15-,22-/m0/s1. The Bertz CT molecular complexity index is 1330. The predicted octanol–water partition coefficient (Wildman–Crippen LogP) is 0.473. The summed E-state index contributed by atoms with van der Waals surface area (Å²) in [5.41, 5.74) is 9.67. The van der Waals surface area contributed by atoms with Gasteiger partial charge in [0.15, 0.2) is 22.9 Å². The molecule has 3 aliphatic rings. The Labute approximate surface area is 203 Å². The van der Waals surface area contributed by atoms with E-state index in [1.807, 2.05) is 0 Å². The van der Waals surface area contributed by atoms with Gasteiger partial charge in [0, 0.05) is 28.0 Å². The van der Waals surface area contributed by atoms with Crippen molar-refractivity contribution in [2.45, 2.75) is 24.5 Å². The van der Waals surface area contributed by atoms with E-state index in [0.29, 0.717) is 0 Å². The summed E-state index contributed by atoms with van der Waals surface area (Å²) in [5.74, 6) is -8.98. The molecule has 0 heterocycles. The van der Waals surface area contributed by atoms with Gasteiger partial charge in [0.25, 0.3) is 5.91 Å². The number of amides is 1. The van der Waals surface area contributed by atoms with E-state index in [-0.39, 0.29) is 42.0 Å². The quantitative estimate of drug-likeness (QED) is 0.107. The summed E-state index contributed by atoms with van der Waals surface area (Å²) in [6.07, 6.45) is -0.156. The molecule has 7 N–H and O–H groups in total. The SMILES string of the molecule is COc1cc(O)c(O)c2c1C[C@H]1C[C@H]3[C@H](N(C)CN=[N+]=[N-])C(O)=C(C(N)=O)C(=O)[C@@]3(O)C(O)=C1C2=O. The second-order valence-corrected chi connectivity index (χ2v) is 8.93. The van der Waals surface area contributed by atoms with Crippen LogP contribution < -0.4 is 10.5 Å². The number of nitrogens with two attached hydrogens (primary N) is 1. The van der Waals surface area contributed by atoms with Crippen molar-refractivity contribution >= 4 is 17.5 Å². The van der Waals surface area contributed by atoms with Crippen LogP contribution in [0.15, 0.2) is 33.8 Å². The van der Waals surface area contributed by atoms with Gasteiger partial charge in [0.05, 0.1) is 25.4 Å². The molecule has 0 fully saturated rings. The van der Waals surface area contributed by atoms with Gasteiger partial charge in [-0.15, -0.1) is 0 Å². The summed E-state index contributed by atoms with van der Waals surface area (Å²) in [6, 6.07) is -0.181. The molecular formula is C22H23N5O9. The highest BCUT2D eigenvalue weighted by Gasteiger charge is 2.63. The van der Waals surface area contributed by atoms with Crippen molar-refractivity contribution < 1.29 is 44.7 Å². The van der Waals surface area contributed by atoms with Crippen LogP contribution in [0.3, 0.4) is 0 Å². The van der Waals surface area contributed by atoms with Gasteiger partial charge in [-0.25, -0.2) is 0 Å². The molecule has 0 spiro atoms. The maximum Gasteiger partial charge on any atom is 0.255 e. The van der Waals surface area contributed by atoms with Gasteiger partial charge in [-0.3, -0.25) is 19.3 Å². The van der Waals surface area contributed by atoms with Crippen molar-refractivity contribution in [3.05, 3.63) is 50.3 Å². The lowest BCUT2D eigenvalue weighted by Gasteiger charge is -2.50. The molecule has 1 aromatic rings. The third kappa shape index (κ3) is 3.19. The number of aliphatic hydroxyl groups is 3. The molecule has 0 aliphatic heterocycles. The summed E-state index contributed by atoms with van der Waals surface area (Å²) in [6.45, 7) is -0.344. The van der Waals surface area contributed by atoms with Gasteiger partial charge in [0.1, 0.15) is 22.8 Å². The molecule has 4 rings (SSSR count). The number of rotatable bonds is 5. The first kappa shape index (κ1) is 24.9. The number of azide groups is 1. The number of carbonyl (C=O) groups is 3. The lowest BCUT2D eigenvalue weighted by molar-refractivity contribution is -0.149. The van der Waals surface area contributed by atoms with Crippen LogP contribution in [-0.4, -0.2) is 80.4 Å². The number of aliphatic hydroxyl groups excluding tert-OH is 2. The van der Waals surface area contributed by atoms with Crippen molar-refractivity contribution in [1.29, 1.82) is 0 Å². The van der Waals surface area contributed by atoms with Crippen LogP contribution >= 0.6 is 0 Å². The number of fused-ring (bicyclic) bond motifs is 3. The molecule has 0 saturated carbocycles. The molecule has 190 valence electrons. The number of nitrogens with zero attached hydrogens (tertiary/aromatic N) is 4. The highest BCUT2D eigenvalue weighted by molar-refractivity contribution is 6.24. The Morgan fingerprint density at radius 1 is 1.33 bits per heavy atom. The summed E-state index contributed by atoms with van der Waals surface area (Å²) in [5, 5.41) is 57.6. The minimum absolute atomic E-state index is 0.00180. The first-order valence-electron chi connectivity index (χ1n) is 10.7.